The summed E-state index contributed by atoms with van der Waals surface area (Å²) >= 11 is 1.51. The fourth-order valence-electron chi connectivity index (χ4n) is 0.900. The Labute approximate surface area is 94.9 Å². The first kappa shape index (κ1) is 14.0. The molecule has 0 bridgehead atoms. The number of rotatable bonds is 3. The van der Waals surface area contributed by atoms with E-state index >= 15 is 0 Å². The summed E-state index contributed by atoms with van der Waals surface area (Å²) in [6.07, 6.45) is 1.49. The Bertz CT molecular complexity index is 313. The molecule has 15 heavy (non-hydrogen) atoms. The number of carbonyl (C=O) groups is 1. The smallest absolute Gasteiger partial charge is 0.355 e. The molecule has 1 rings (SSSR count). The lowest BCUT2D eigenvalue weighted by atomic mass is 10.3. The van der Waals surface area contributed by atoms with Crippen LogP contribution in [-0.4, -0.2) is 21.3 Å². The van der Waals surface area contributed by atoms with Gasteiger partial charge in [-0.05, 0) is 12.1 Å². The van der Waals surface area contributed by atoms with Crippen molar-refractivity contribution in [2.75, 3.05) is 0 Å². The molecule has 4 heteroatoms. The number of carboxylic acid groups (broad SMARTS) is 1. The molecule has 0 spiro atoms. The van der Waals surface area contributed by atoms with Crippen molar-refractivity contribution >= 4 is 17.7 Å². The van der Waals surface area contributed by atoms with Crippen molar-refractivity contribution in [3.05, 3.63) is 24.0 Å². The van der Waals surface area contributed by atoms with Gasteiger partial charge in [-0.3, -0.25) is 0 Å². The Morgan fingerprint density at radius 3 is 2.53 bits per heavy atom. The number of thioether (sulfide) groups is 1. The first-order valence-electron chi connectivity index (χ1n) is 4.96. The number of carboxylic acids is 1. The molecule has 0 unspecified atom stereocenters. The zero-order chi connectivity index (χ0) is 11.8. The third kappa shape index (κ3) is 4.83. The van der Waals surface area contributed by atoms with Gasteiger partial charge in [-0.1, -0.05) is 27.7 Å². The fraction of sp³-hybridized carbons (Fsp3) is 0.455. The quantitative estimate of drug-likeness (QED) is 0.805. The van der Waals surface area contributed by atoms with Crippen LogP contribution >= 0.6 is 11.8 Å². The number of aromatic carboxylic acids is 1. The molecule has 0 saturated carbocycles. The van der Waals surface area contributed by atoms with E-state index in [1.807, 2.05) is 27.7 Å². The second-order valence-corrected chi connectivity index (χ2v) is 4.44. The van der Waals surface area contributed by atoms with Crippen molar-refractivity contribution < 1.29 is 9.90 Å². The normalized spacial score (nSPS) is 9.40. The molecule has 0 atom stereocenters. The molecular weight excluding hydrogens is 210 g/mol. The molecular formula is C11H17NO2S. The van der Waals surface area contributed by atoms with Crippen molar-refractivity contribution in [2.24, 2.45) is 0 Å². The number of hydrogen-bond donors (Lipinski definition) is 1. The number of nitrogens with zero attached hydrogens (tertiary/aromatic N) is 1. The van der Waals surface area contributed by atoms with Crippen LogP contribution in [0.15, 0.2) is 23.2 Å². The molecule has 0 aliphatic heterocycles. The summed E-state index contributed by atoms with van der Waals surface area (Å²) in [4.78, 5) is 15.3. The third-order valence-corrected chi connectivity index (χ3v) is 2.39. The highest BCUT2D eigenvalue weighted by Gasteiger charge is 2.11. The highest BCUT2D eigenvalue weighted by Crippen LogP contribution is 2.24. The molecule has 0 aliphatic rings. The molecule has 0 aliphatic carbocycles. The SMILES string of the molecule is CC.CC(C)Sc1cccnc1C(=O)O. The van der Waals surface area contributed by atoms with E-state index in [0.29, 0.717) is 5.25 Å². The summed E-state index contributed by atoms with van der Waals surface area (Å²) in [6, 6.07) is 3.53. The average Bonchev–Trinajstić information content (AvgIpc) is 2.20. The molecule has 0 fully saturated rings. The summed E-state index contributed by atoms with van der Waals surface area (Å²) in [5, 5.41) is 9.17. The number of pyridine rings is 1. The Balaban J connectivity index is 0.000000921. The molecule has 1 aromatic rings. The maximum atomic E-state index is 10.7. The molecule has 1 N–H and O–H groups in total. The van der Waals surface area contributed by atoms with Gasteiger partial charge in [0.1, 0.15) is 0 Å². The predicted molar refractivity (Wildman–Crippen MR) is 63.5 cm³/mol. The van der Waals surface area contributed by atoms with Crippen LogP contribution in [0.25, 0.3) is 0 Å². The van der Waals surface area contributed by atoms with Crippen molar-refractivity contribution in [3.63, 3.8) is 0 Å². The van der Waals surface area contributed by atoms with E-state index in [-0.39, 0.29) is 5.69 Å². The maximum absolute atomic E-state index is 10.7. The van der Waals surface area contributed by atoms with Crippen LogP contribution in [0.4, 0.5) is 0 Å². The van der Waals surface area contributed by atoms with Crippen LogP contribution in [0.3, 0.4) is 0 Å². The first-order chi connectivity index (χ1) is 7.11. The highest BCUT2D eigenvalue weighted by atomic mass is 32.2. The highest BCUT2D eigenvalue weighted by molar-refractivity contribution is 8.00. The van der Waals surface area contributed by atoms with Crippen molar-refractivity contribution in [1.82, 2.24) is 4.98 Å². The fourth-order valence-corrected chi connectivity index (χ4v) is 1.82. The van der Waals surface area contributed by atoms with Gasteiger partial charge in [0.15, 0.2) is 5.69 Å². The van der Waals surface area contributed by atoms with E-state index in [4.69, 9.17) is 5.11 Å². The Hall–Kier alpha value is -1.03. The zero-order valence-corrected chi connectivity index (χ0v) is 10.3. The van der Waals surface area contributed by atoms with Crippen LogP contribution in [0, 0.1) is 0 Å². The van der Waals surface area contributed by atoms with Gasteiger partial charge in [0.05, 0.1) is 0 Å². The summed E-state index contributed by atoms with van der Waals surface area (Å²) in [5.74, 6) is -0.969. The molecule has 0 radical (unpaired) electrons. The average molecular weight is 227 g/mol. The Morgan fingerprint density at radius 1 is 1.47 bits per heavy atom. The standard InChI is InChI=1S/C9H11NO2S.C2H6/c1-6(2)13-7-4-3-5-10-8(7)9(11)12;1-2/h3-6H,1-2H3,(H,11,12);1-2H3. The zero-order valence-electron chi connectivity index (χ0n) is 9.52. The van der Waals surface area contributed by atoms with E-state index < -0.39 is 5.97 Å². The summed E-state index contributed by atoms with van der Waals surface area (Å²) in [6.45, 7) is 8.03. The van der Waals surface area contributed by atoms with E-state index in [1.165, 1.54) is 18.0 Å². The molecule has 1 heterocycles. The lowest BCUT2D eigenvalue weighted by Crippen LogP contribution is -2.03. The van der Waals surface area contributed by atoms with E-state index in [1.54, 1.807) is 12.1 Å². The third-order valence-electron chi connectivity index (χ3n) is 1.34. The number of aromatic nitrogens is 1. The number of hydrogen-bond acceptors (Lipinski definition) is 3. The summed E-state index contributed by atoms with van der Waals surface area (Å²) in [7, 11) is 0. The van der Waals surface area contributed by atoms with Gasteiger partial charge in [-0.25, -0.2) is 9.78 Å². The first-order valence-corrected chi connectivity index (χ1v) is 5.84. The van der Waals surface area contributed by atoms with Crippen molar-refractivity contribution in [2.45, 2.75) is 37.8 Å². The minimum atomic E-state index is -0.969. The van der Waals surface area contributed by atoms with Crippen molar-refractivity contribution in [1.29, 1.82) is 0 Å². The molecule has 0 saturated heterocycles. The second-order valence-electron chi connectivity index (χ2n) is 2.82. The summed E-state index contributed by atoms with van der Waals surface area (Å²) in [5.41, 5.74) is 0.140. The van der Waals surface area contributed by atoms with Crippen LogP contribution in [0.2, 0.25) is 0 Å². The summed E-state index contributed by atoms with van der Waals surface area (Å²) < 4.78 is 0. The van der Waals surface area contributed by atoms with Gasteiger partial charge >= 0.3 is 5.97 Å². The Morgan fingerprint density at radius 2 is 2.07 bits per heavy atom. The predicted octanol–water partition coefficient (Wildman–Crippen LogP) is 3.31. The van der Waals surface area contributed by atoms with Gasteiger partial charge in [-0.2, -0.15) is 0 Å². The largest absolute Gasteiger partial charge is 0.476 e. The van der Waals surface area contributed by atoms with E-state index in [0.717, 1.165) is 4.90 Å². The van der Waals surface area contributed by atoms with Gasteiger partial charge in [0.2, 0.25) is 0 Å². The molecule has 0 aromatic carbocycles. The maximum Gasteiger partial charge on any atom is 0.355 e. The van der Waals surface area contributed by atoms with E-state index in [2.05, 4.69) is 4.98 Å². The monoisotopic (exact) mass is 227 g/mol. The van der Waals surface area contributed by atoms with Gasteiger partial charge < -0.3 is 5.11 Å². The van der Waals surface area contributed by atoms with Crippen molar-refractivity contribution in [3.8, 4) is 0 Å². The molecule has 3 nitrogen and oxygen atoms in total. The van der Waals surface area contributed by atoms with Gasteiger partial charge in [0.25, 0.3) is 0 Å². The topological polar surface area (TPSA) is 50.2 Å². The molecule has 1 aromatic heterocycles. The van der Waals surface area contributed by atoms with Crippen LogP contribution < -0.4 is 0 Å². The molecule has 0 amide bonds. The molecule has 84 valence electrons. The van der Waals surface area contributed by atoms with Crippen LogP contribution in [0.5, 0.6) is 0 Å². The lowest BCUT2D eigenvalue weighted by Gasteiger charge is -2.06. The van der Waals surface area contributed by atoms with E-state index in [9.17, 15) is 4.79 Å². The minimum Gasteiger partial charge on any atom is -0.476 e. The van der Waals surface area contributed by atoms with Gasteiger partial charge in [-0.15, -0.1) is 11.8 Å². The lowest BCUT2D eigenvalue weighted by molar-refractivity contribution is 0.0686. The van der Waals surface area contributed by atoms with Gasteiger partial charge in [0, 0.05) is 16.3 Å². The van der Waals surface area contributed by atoms with Crippen LogP contribution in [0.1, 0.15) is 38.2 Å². The van der Waals surface area contributed by atoms with Crippen LogP contribution in [-0.2, 0) is 0 Å². The Kier molecular flexibility index (Phi) is 6.79. The minimum absolute atomic E-state index is 0.140. The second kappa shape index (κ2) is 7.29.